The van der Waals surface area contributed by atoms with Crippen molar-refractivity contribution < 1.29 is 14.7 Å². The highest BCUT2D eigenvalue weighted by Crippen LogP contribution is 2.13. The van der Waals surface area contributed by atoms with E-state index in [2.05, 4.69) is 10.1 Å². The van der Waals surface area contributed by atoms with Crippen LogP contribution in [0.5, 0.6) is 0 Å². The van der Waals surface area contributed by atoms with Crippen LogP contribution in [-0.2, 0) is 4.79 Å². The van der Waals surface area contributed by atoms with Crippen molar-refractivity contribution >= 4 is 17.5 Å². The maximum Gasteiger partial charge on any atom is 0.323 e. The lowest BCUT2D eigenvalue weighted by atomic mass is 10.2. The first-order valence-corrected chi connectivity index (χ1v) is 6.77. The Bertz CT molecular complexity index is 693. The van der Waals surface area contributed by atoms with Gasteiger partial charge in [0.1, 0.15) is 6.54 Å². The zero-order valence-electron chi connectivity index (χ0n) is 12.3. The van der Waals surface area contributed by atoms with E-state index in [0.29, 0.717) is 29.9 Å². The summed E-state index contributed by atoms with van der Waals surface area (Å²) in [6.45, 7) is 5.60. The summed E-state index contributed by atoms with van der Waals surface area (Å²) in [5.41, 5.74) is 2.51. The van der Waals surface area contributed by atoms with Crippen molar-refractivity contribution in [1.29, 1.82) is 0 Å². The zero-order chi connectivity index (χ0) is 15.6. The molecule has 112 valence electrons. The van der Waals surface area contributed by atoms with E-state index >= 15 is 0 Å². The molecule has 2 heterocycles. The highest BCUT2D eigenvalue weighted by Gasteiger charge is 2.21. The number of carbonyl (C=O) groups excluding carboxylic acids is 1. The number of carboxylic acids is 1. The number of rotatable bonds is 5. The van der Waals surface area contributed by atoms with Crippen LogP contribution in [-0.4, -0.2) is 49.6 Å². The van der Waals surface area contributed by atoms with Gasteiger partial charge in [0.15, 0.2) is 5.65 Å². The van der Waals surface area contributed by atoms with Gasteiger partial charge in [-0.05, 0) is 20.3 Å². The van der Waals surface area contributed by atoms with Crippen LogP contribution in [0, 0.1) is 13.8 Å². The van der Waals surface area contributed by atoms with Crippen molar-refractivity contribution in [3.8, 4) is 0 Å². The molecule has 0 saturated carbocycles. The predicted molar refractivity (Wildman–Crippen MR) is 76.3 cm³/mol. The Hall–Kier alpha value is -2.44. The molecule has 0 bridgehead atoms. The molecule has 1 N–H and O–H groups in total. The summed E-state index contributed by atoms with van der Waals surface area (Å²) in [7, 11) is 0. The Balaban J connectivity index is 2.41. The fraction of sp³-hybridized carbons (Fsp3) is 0.429. The van der Waals surface area contributed by atoms with Crippen LogP contribution in [0.2, 0.25) is 0 Å². The molecule has 0 aliphatic carbocycles. The topological polar surface area (TPSA) is 87.8 Å². The van der Waals surface area contributed by atoms with Gasteiger partial charge in [-0.3, -0.25) is 9.59 Å². The van der Waals surface area contributed by atoms with Gasteiger partial charge in [0.25, 0.3) is 5.91 Å². The third-order valence-corrected chi connectivity index (χ3v) is 3.18. The predicted octanol–water partition coefficient (Wildman–Crippen LogP) is 1.28. The average Bonchev–Trinajstić information content (AvgIpc) is 2.79. The first kappa shape index (κ1) is 15.0. The number of nitrogens with zero attached hydrogens (tertiary/aromatic N) is 4. The van der Waals surface area contributed by atoms with Gasteiger partial charge in [0, 0.05) is 18.8 Å². The minimum Gasteiger partial charge on any atom is -0.480 e. The quantitative estimate of drug-likeness (QED) is 0.896. The molecule has 21 heavy (non-hydrogen) atoms. The number of hydrogen-bond donors (Lipinski definition) is 1. The molecule has 0 radical (unpaired) electrons. The van der Waals surface area contributed by atoms with Crippen LogP contribution in [0.15, 0.2) is 12.3 Å². The number of aromatic nitrogens is 3. The largest absolute Gasteiger partial charge is 0.480 e. The van der Waals surface area contributed by atoms with Gasteiger partial charge in [-0.15, -0.1) is 0 Å². The number of carboxylic acid groups (broad SMARTS) is 1. The molecule has 0 aromatic carbocycles. The van der Waals surface area contributed by atoms with E-state index in [0.717, 1.165) is 5.69 Å². The van der Waals surface area contributed by atoms with Gasteiger partial charge < -0.3 is 10.0 Å². The molecule has 7 nitrogen and oxygen atoms in total. The van der Waals surface area contributed by atoms with Gasteiger partial charge in [-0.25, -0.2) is 9.50 Å². The van der Waals surface area contributed by atoms with Crippen molar-refractivity contribution in [2.45, 2.75) is 27.2 Å². The van der Waals surface area contributed by atoms with E-state index in [4.69, 9.17) is 5.11 Å². The van der Waals surface area contributed by atoms with E-state index < -0.39 is 5.97 Å². The molecule has 7 heteroatoms. The van der Waals surface area contributed by atoms with Gasteiger partial charge in [0.05, 0.1) is 17.0 Å². The molecule has 2 aromatic rings. The second kappa shape index (κ2) is 5.90. The van der Waals surface area contributed by atoms with Crippen LogP contribution in [0.4, 0.5) is 0 Å². The Morgan fingerprint density at radius 1 is 1.38 bits per heavy atom. The summed E-state index contributed by atoms with van der Waals surface area (Å²) < 4.78 is 1.60. The molecule has 1 amide bonds. The zero-order valence-corrected chi connectivity index (χ0v) is 12.3. The average molecular weight is 290 g/mol. The SMILES string of the molecule is CCCN(CC(=O)O)C(=O)c1cnc2cc(C)nn2c1C. The molecule has 0 aliphatic rings. The van der Waals surface area contributed by atoms with Crippen LogP contribution >= 0.6 is 0 Å². The lowest BCUT2D eigenvalue weighted by Gasteiger charge is -2.20. The lowest BCUT2D eigenvalue weighted by molar-refractivity contribution is -0.137. The number of hydrogen-bond acceptors (Lipinski definition) is 4. The summed E-state index contributed by atoms with van der Waals surface area (Å²) in [5, 5.41) is 13.2. The number of amides is 1. The summed E-state index contributed by atoms with van der Waals surface area (Å²) in [6.07, 6.45) is 2.17. The molecule has 2 rings (SSSR count). The monoisotopic (exact) mass is 290 g/mol. The highest BCUT2D eigenvalue weighted by atomic mass is 16.4. The molecular weight excluding hydrogens is 272 g/mol. The van der Waals surface area contributed by atoms with Crippen molar-refractivity contribution in [2.75, 3.05) is 13.1 Å². The second-order valence-corrected chi connectivity index (χ2v) is 4.93. The summed E-state index contributed by atoms with van der Waals surface area (Å²) in [5.74, 6) is -1.36. The number of aryl methyl sites for hydroxylation is 2. The maximum atomic E-state index is 12.5. The summed E-state index contributed by atoms with van der Waals surface area (Å²) in [4.78, 5) is 28.9. The van der Waals surface area contributed by atoms with Crippen molar-refractivity contribution in [3.63, 3.8) is 0 Å². The fourth-order valence-electron chi connectivity index (χ4n) is 2.23. The van der Waals surface area contributed by atoms with Gasteiger partial charge >= 0.3 is 5.97 Å². The van der Waals surface area contributed by atoms with E-state index in [1.165, 1.54) is 11.1 Å². The smallest absolute Gasteiger partial charge is 0.323 e. The Morgan fingerprint density at radius 2 is 2.10 bits per heavy atom. The number of fused-ring (bicyclic) bond motifs is 1. The van der Waals surface area contributed by atoms with Gasteiger partial charge in [0.2, 0.25) is 0 Å². The normalized spacial score (nSPS) is 10.8. The van der Waals surface area contributed by atoms with E-state index in [9.17, 15) is 9.59 Å². The summed E-state index contributed by atoms with van der Waals surface area (Å²) in [6, 6.07) is 1.82. The Kier molecular flexibility index (Phi) is 4.21. The highest BCUT2D eigenvalue weighted by molar-refractivity contribution is 5.96. The van der Waals surface area contributed by atoms with E-state index in [-0.39, 0.29) is 12.5 Å². The summed E-state index contributed by atoms with van der Waals surface area (Å²) >= 11 is 0. The van der Waals surface area contributed by atoms with Crippen molar-refractivity contribution in [2.24, 2.45) is 0 Å². The van der Waals surface area contributed by atoms with Crippen LogP contribution in [0.3, 0.4) is 0 Å². The van der Waals surface area contributed by atoms with Crippen molar-refractivity contribution in [1.82, 2.24) is 19.5 Å². The molecule has 0 aliphatic heterocycles. The molecular formula is C14H18N4O3. The standard InChI is InChI=1S/C14H18N4O3/c1-4-5-17(8-13(19)20)14(21)11-7-15-12-6-9(2)16-18(12)10(11)3/h6-7H,4-5,8H2,1-3H3,(H,19,20). The number of carbonyl (C=O) groups is 2. The third kappa shape index (κ3) is 3.01. The third-order valence-electron chi connectivity index (χ3n) is 3.18. The minimum atomic E-state index is -1.03. The second-order valence-electron chi connectivity index (χ2n) is 4.93. The molecule has 0 spiro atoms. The first-order chi connectivity index (χ1) is 9.93. The lowest BCUT2D eigenvalue weighted by Crippen LogP contribution is -2.37. The fourth-order valence-corrected chi connectivity index (χ4v) is 2.23. The minimum absolute atomic E-state index is 0.317. The molecule has 0 atom stereocenters. The van der Waals surface area contributed by atoms with E-state index in [1.807, 2.05) is 19.9 Å². The molecule has 0 saturated heterocycles. The Labute approximate surface area is 122 Å². The van der Waals surface area contributed by atoms with E-state index in [1.54, 1.807) is 11.4 Å². The van der Waals surface area contributed by atoms with Crippen LogP contribution in [0.25, 0.3) is 5.65 Å². The van der Waals surface area contributed by atoms with Crippen LogP contribution < -0.4 is 0 Å². The van der Waals surface area contributed by atoms with Crippen LogP contribution in [0.1, 0.15) is 35.1 Å². The molecule has 0 fully saturated rings. The first-order valence-electron chi connectivity index (χ1n) is 6.77. The molecule has 2 aromatic heterocycles. The maximum absolute atomic E-state index is 12.5. The van der Waals surface area contributed by atoms with Crippen molar-refractivity contribution in [3.05, 3.63) is 29.2 Å². The number of aliphatic carboxylic acids is 1. The van der Waals surface area contributed by atoms with Gasteiger partial charge in [-0.1, -0.05) is 6.92 Å². The molecule has 0 unspecified atom stereocenters. The van der Waals surface area contributed by atoms with Gasteiger partial charge in [-0.2, -0.15) is 5.10 Å². The Morgan fingerprint density at radius 3 is 2.71 bits per heavy atom.